The molecule has 2 aromatic carbocycles. The summed E-state index contributed by atoms with van der Waals surface area (Å²) in [4.78, 5) is 12.5. The molecule has 132 valence electrons. The third kappa shape index (κ3) is 3.05. The number of hydrogen-bond acceptors (Lipinski definition) is 2. The number of carbonyl (C=O) groups is 1. The van der Waals surface area contributed by atoms with Crippen LogP contribution in [0.5, 0.6) is 0 Å². The molecule has 2 amide bonds. The van der Waals surface area contributed by atoms with Gasteiger partial charge in [-0.15, -0.1) is 0 Å². The van der Waals surface area contributed by atoms with Gasteiger partial charge in [-0.3, -0.25) is 4.90 Å². The molecule has 1 aliphatic heterocycles. The van der Waals surface area contributed by atoms with Gasteiger partial charge in [0, 0.05) is 11.1 Å². The number of urea groups is 1. The van der Waals surface area contributed by atoms with Crippen LogP contribution in [0.25, 0.3) is 0 Å². The second kappa shape index (κ2) is 5.73. The molecule has 8 heteroatoms. The summed E-state index contributed by atoms with van der Waals surface area (Å²) in [6.45, 7) is 0.0377. The first-order valence-corrected chi connectivity index (χ1v) is 7.36. The molecule has 1 unspecified atom stereocenters. The van der Waals surface area contributed by atoms with Crippen molar-refractivity contribution in [3.05, 3.63) is 65.0 Å². The molecule has 4 nitrogen and oxygen atoms in total. The van der Waals surface area contributed by atoms with Crippen molar-refractivity contribution in [1.82, 2.24) is 4.90 Å². The van der Waals surface area contributed by atoms with Crippen molar-refractivity contribution in [2.24, 2.45) is 0 Å². The lowest BCUT2D eigenvalue weighted by Crippen LogP contribution is -2.58. The minimum atomic E-state index is -4.73. The maximum absolute atomic E-state index is 13.2. The zero-order chi connectivity index (χ0) is 18.4. The van der Waals surface area contributed by atoms with Crippen LogP contribution in [0.15, 0.2) is 42.5 Å². The molecule has 3 rings (SSSR count). The Kier molecular flexibility index (Phi) is 3.95. The number of halogens is 4. The quantitative estimate of drug-likeness (QED) is 0.808. The minimum Gasteiger partial charge on any atom is -0.363 e. The van der Waals surface area contributed by atoms with Crippen molar-refractivity contribution in [2.75, 3.05) is 11.9 Å². The fourth-order valence-corrected chi connectivity index (χ4v) is 2.89. The molecule has 0 radical (unpaired) electrons. The molecule has 0 saturated carbocycles. The van der Waals surface area contributed by atoms with E-state index in [2.05, 4.69) is 5.32 Å². The summed E-state index contributed by atoms with van der Waals surface area (Å²) in [7, 11) is 0. The Hall–Kier alpha value is -2.61. The molecule has 0 bridgehead atoms. The normalized spacial score (nSPS) is 20.2. The molecule has 2 aromatic rings. The number of carbonyl (C=O) groups excluding carboxylic acids is 1. The second-order valence-electron chi connectivity index (χ2n) is 5.86. The van der Waals surface area contributed by atoms with Gasteiger partial charge in [-0.2, -0.15) is 13.2 Å². The van der Waals surface area contributed by atoms with E-state index in [4.69, 9.17) is 0 Å². The van der Waals surface area contributed by atoms with Gasteiger partial charge in [-0.05, 0) is 31.2 Å². The van der Waals surface area contributed by atoms with E-state index < -0.39 is 30.3 Å². The van der Waals surface area contributed by atoms with E-state index >= 15 is 0 Å². The van der Waals surface area contributed by atoms with Gasteiger partial charge in [0.25, 0.3) is 0 Å². The van der Waals surface area contributed by atoms with E-state index in [9.17, 15) is 27.5 Å². The van der Waals surface area contributed by atoms with Crippen LogP contribution in [-0.4, -0.2) is 28.8 Å². The van der Waals surface area contributed by atoms with Crippen LogP contribution in [0.2, 0.25) is 0 Å². The van der Waals surface area contributed by atoms with E-state index in [1.165, 1.54) is 12.1 Å². The predicted octanol–water partition coefficient (Wildman–Crippen LogP) is 3.74. The number of benzene rings is 2. The molecular weight excluding hydrogens is 340 g/mol. The molecule has 1 atom stereocenters. The Morgan fingerprint density at radius 3 is 2.40 bits per heavy atom. The number of alkyl halides is 3. The Bertz CT molecular complexity index is 820. The van der Waals surface area contributed by atoms with Gasteiger partial charge in [0.05, 0.1) is 5.69 Å². The van der Waals surface area contributed by atoms with E-state index in [1.54, 1.807) is 13.0 Å². The van der Waals surface area contributed by atoms with Crippen molar-refractivity contribution in [1.29, 1.82) is 0 Å². The summed E-state index contributed by atoms with van der Waals surface area (Å²) in [6.07, 6.45) is -4.73. The van der Waals surface area contributed by atoms with Gasteiger partial charge in [0.2, 0.25) is 0 Å². The summed E-state index contributed by atoms with van der Waals surface area (Å²) in [5, 5.41) is 13.6. The highest BCUT2D eigenvalue weighted by Gasteiger charge is 2.50. The van der Waals surface area contributed by atoms with Crippen LogP contribution in [0.4, 0.5) is 28.0 Å². The average Bonchev–Trinajstić information content (AvgIpc) is 2.52. The zero-order valence-corrected chi connectivity index (χ0v) is 13.1. The molecule has 25 heavy (non-hydrogen) atoms. The number of aryl methyl sites for hydroxylation is 1. The highest BCUT2D eigenvalue weighted by atomic mass is 19.4. The van der Waals surface area contributed by atoms with Crippen molar-refractivity contribution in [2.45, 2.75) is 18.8 Å². The van der Waals surface area contributed by atoms with Crippen molar-refractivity contribution in [3.63, 3.8) is 0 Å². The first kappa shape index (κ1) is 17.2. The molecule has 1 heterocycles. The van der Waals surface area contributed by atoms with Gasteiger partial charge < -0.3 is 10.4 Å². The minimum absolute atomic E-state index is 0.0418. The molecule has 0 saturated heterocycles. The van der Waals surface area contributed by atoms with Crippen molar-refractivity contribution in [3.8, 4) is 0 Å². The Balaban J connectivity index is 2.24. The number of fused-ring (bicyclic) bond motifs is 1. The van der Waals surface area contributed by atoms with Crippen molar-refractivity contribution >= 4 is 11.7 Å². The first-order valence-electron chi connectivity index (χ1n) is 7.36. The molecule has 0 aromatic heterocycles. The highest BCUT2D eigenvalue weighted by molar-refractivity contribution is 5.94. The zero-order valence-electron chi connectivity index (χ0n) is 13.1. The smallest absolute Gasteiger partial charge is 0.363 e. The van der Waals surface area contributed by atoms with Gasteiger partial charge in [0.15, 0.2) is 5.72 Å². The van der Waals surface area contributed by atoms with E-state index in [0.717, 1.165) is 24.3 Å². The topological polar surface area (TPSA) is 52.6 Å². The van der Waals surface area contributed by atoms with Gasteiger partial charge in [0.1, 0.15) is 12.4 Å². The standard InChI is InChI=1S/C17H14F4N2O2/c1-10-2-7-14-13(8-10)17(25,11-3-5-12(18)6-4-11)23(15(24)22-14)9-16(19,20)21/h2-8,25H,9H2,1H3,(H,22,24). The number of nitrogens with one attached hydrogen (secondary N) is 1. The molecule has 2 N–H and O–H groups in total. The molecule has 0 fully saturated rings. The first-order chi connectivity index (χ1) is 11.6. The largest absolute Gasteiger partial charge is 0.406 e. The number of hydrogen-bond donors (Lipinski definition) is 2. The molecule has 1 aliphatic rings. The predicted molar refractivity (Wildman–Crippen MR) is 82.4 cm³/mol. The summed E-state index contributed by atoms with van der Waals surface area (Å²) in [6, 6.07) is 7.89. The van der Waals surface area contributed by atoms with Gasteiger partial charge in [-0.25, -0.2) is 9.18 Å². The average molecular weight is 354 g/mol. The van der Waals surface area contributed by atoms with E-state index in [-0.39, 0.29) is 16.8 Å². The Labute approximate surface area is 140 Å². The lowest BCUT2D eigenvalue weighted by molar-refractivity contribution is -0.172. The third-order valence-electron chi connectivity index (χ3n) is 4.01. The van der Waals surface area contributed by atoms with E-state index in [1.807, 2.05) is 0 Å². The lowest BCUT2D eigenvalue weighted by atomic mass is 9.88. The molecular formula is C17H14F4N2O2. The molecule has 0 aliphatic carbocycles. The van der Waals surface area contributed by atoms with Crippen LogP contribution in [0, 0.1) is 12.7 Å². The Morgan fingerprint density at radius 1 is 1.16 bits per heavy atom. The number of anilines is 1. The summed E-state index contributed by atoms with van der Waals surface area (Å²) < 4.78 is 52.2. The lowest BCUT2D eigenvalue weighted by Gasteiger charge is -2.44. The fourth-order valence-electron chi connectivity index (χ4n) is 2.89. The molecule has 0 spiro atoms. The summed E-state index contributed by atoms with van der Waals surface area (Å²) >= 11 is 0. The maximum atomic E-state index is 13.2. The monoisotopic (exact) mass is 354 g/mol. The van der Waals surface area contributed by atoms with Crippen LogP contribution >= 0.6 is 0 Å². The maximum Gasteiger partial charge on any atom is 0.406 e. The number of amides is 2. The second-order valence-corrected chi connectivity index (χ2v) is 5.86. The van der Waals surface area contributed by atoms with Crippen molar-refractivity contribution < 1.29 is 27.5 Å². The van der Waals surface area contributed by atoms with Gasteiger partial charge >= 0.3 is 12.2 Å². The van der Waals surface area contributed by atoms with Crippen LogP contribution < -0.4 is 5.32 Å². The van der Waals surface area contributed by atoms with Gasteiger partial charge in [-0.1, -0.05) is 23.8 Å². The highest BCUT2D eigenvalue weighted by Crippen LogP contribution is 2.42. The van der Waals surface area contributed by atoms with Crippen LogP contribution in [0.1, 0.15) is 16.7 Å². The summed E-state index contributed by atoms with van der Waals surface area (Å²) in [5.74, 6) is -0.612. The third-order valence-corrected chi connectivity index (χ3v) is 4.01. The Morgan fingerprint density at radius 2 is 1.80 bits per heavy atom. The van der Waals surface area contributed by atoms with E-state index in [0.29, 0.717) is 10.5 Å². The van der Waals surface area contributed by atoms with Crippen LogP contribution in [-0.2, 0) is 5.72 Å². The van der Waals surface area contributed by atoms with Crippen LogP contribution in [0.3, 0.4) is 0 Å². The number of rotatable bonds is 2. The summed E-state index contributed by atoms with van der Waals surface area (Å²) in [5.41, 5.74) is -1.46. The SMILES string of the molecule is Cc1ccc2c(c1)C(O)(c1ccc(F)cc1)N(CC(F)(F)F)C(=O)N2. The number of aliphatic hydroxyl groups is 1. The number of nitrogens with zero attached hydrogens (tertiary/aromatic N) is 1. The fraction of sp³-hybridized carbons (Fsp3) is 0.235.